The van der Waals surface area contributed by atoms with E-state index >= 15 is 0 Å². The van der Waals surface area contributed by atoms with Crippen LogP contribution < -0.4 is 0 Å². The molecule has 0 heterocycles. The maximum absolute atomic E-state index is 9.13. The third kappa shape index (κ3) is 3.54. The lowest BCUT2D eigenvalue weighted by Gasteiger charge is -1.40. The Bertz CT molecular complexity index is 71.0. The fraction of sp³-hybridized carbons (Fsp3) is 0. The second kappa shape index (κ2) is 3.54. The van der Waals surface area contributed by atoms with E-state index in [1.54, 1.807) is 0 Å². The lowest BCUT2D eigenvalue weighted by molar-refractivity contribution is 0.569. The van der Waals surface area contributed by atoms with E-state index in [4.69, 9.17) is 4.79 Å². The normalized spacial score (nSPS) is 4.80. The molecule has 0 saturated heterocycles. The summed E-state index contributed by atoms with van der Waals surface area (Å²) in [6.07, 6.45) is 1.13. The molecule has 0 spiro atoms. The number of allylic oxidation sites excluding steroid dienone is 1. The van der Waals surface area contributed by atoms with Gasteiger partial charge in [-0.15, -0.1) is 0 Å². The van der Waals surface area contributed by atoms with Crippen LogP contribution in [0, 0.1) is 0 Å². The zero-order chi connectivity index (χ0) is 4.12. The average Bonchev–Trinajstić information content (AvgIpc) is 1.41. The molecular weight excluding hydrogens is 84.1 g/mol. The Hall–Kier alpha value is -0.460. The highest BCUT2D eigenvalue weighted by Gasteiger charge is 1.44. The van der Waals surface area contributed by atoms with Crippen molar-refractivity contribution in [2.45, 2.75) is 0 Å². The largest absolute Gasteiger partial charge is 0.233 e. The van der Waals surface area contributed by atoms with Gasteiger partial charge in [0, 0.05) is 11.4 Å². The maximum atomic E-state index is 9.13. The minimum Gasteiger partial charge on any atom is -0.233 e. The Morgan fingerprint density at radius 1 is 1.80 bits per heavy atom. The molecular formula is C3H2OS. The fourth-order valence-corrected chi connectivity index (χ4v) is 0.0833. The molecule has 0 aromatic rings. The molecule has 0 N–H and O–H groups in total. The summed E-state index contributed by atoms with van der Waals surface area (Å²) in [5.41, 5.74) is 0. The Balaban J connectivity index is 3.31. The van der Waals surface area contributed by atoms with Gasteiger partial charge in [-0.25, -0.2) is 4.79 Å². The third-order valence-corrected chi connectivity index (χ3v) is 0.272. The van der Waals surface area contributed by atoms with E-state index in [1.807, 2.05) is 0 Å². The van der Waals surface area contributed by atoms with Crippen LogP contribution in [-0.4, -0.2) is 11.3 Å². The number of hydrogen-bond donors (Lipinski definition) is 0. The number of thiocarbonyl (C=S) groups is 1. The first-order valence-electron chi connectivity index (χ1n) is 1.06. The highest BCUT2D eigenvalue weighted by molar-refractivity contribution is 7.79. The van der Waals surface area contributed by atoms with Gasteiger partial charge in [0.05, 0.1) is 0 Å². The van der Waals surface area contributed by atoms with Gasteiger partial charge in [-0.2, -0.15) is 0 Å². The van der Waals surface area contributed by atoms with E-state index in [-0.39, 0.29) is 0 Å². The molecule has 0 amide bonds. The van der Waals surface area contributed by atoms with Gasteiger partial charge >= 0.3 is 0 Å². The van der Waals surface area contributed by atoms with Crippen molar-refractivity contribution in [1.82, 2.24) is 0 Å². The van der Waals surface area contributed by atoms with Gasteiger partial charge in [0.1, 0.15) is 5.94 Å². The monoisotopic (exact) mass is 86.0 g/mol. The second-order valence-corrected chi connectivity index (χ2v) is 0.693. The molecule has 26 valence electrons. The van der Waals surface area contributed by atoms with Crippen LogP contribution in [0.2, 0.25) is 0 Å². The summed E-state index contributed by atoms with van der Waals surface area (Å²) in [5, 5.41) is 1.22. The molecule has 0 atom stereocenters. The van der Waals surface area contributed by atoms with Gasteiger partial charge in [0.15, 0.2) is 0 Å². The topological polar surface area (TPSA) is 17.1 Å². The van der Waals surface area contributed by atoms with Crippen molar-refractivity contribution in [3.05, 3.63) is 6.08 Å². The van der Waals surface area contributed by atoms with Gasteiger partial charge in [0.2, 0.25) is 0 Å². The van der Waals surface area contributed by atoms with Crippen molar-refractivity contribution in [2.75, 3.05) is 0 Å². The molecule has 1 nitrogen and oxygen atoms in total. The molecule has 0 saturated carbocycles. The van der Waals surface area contributed by atoms with Gasteiger partial charge in [-0.1, -0.05) is 12.2 Å². The Morgan fingerprint density at radius 2 is 2.40 bits per heavy atom. The molecule has 0 aromatic carbocycles. The van der Waals surface area contributed by atoms with Crippen molar-refractivity contribution in [1.29, 1.82) is 0 Å². The van der Waals surface area contributed by atoms with Crippen molar-refractivity contribution < 1.29 is 4.79 Å². The van der Waals surface area contributed by atoms with Crippen molar-refractivity contribution in [2.24, 2.45) is 0 Å². The van der Waals surface area contributed by atoms with Gasteiger partial charge < -0.3 is 0 Å². The Labute approximate surface area is 35.3 Å². The predicted octanol–water partition coefficient (Wildman–Crippen LogP) is 0.374. The number of carbonyl (C=O) groups excluding carboxylic acids is 1. The molecule has 0 aliphatic heterocycles. The van der Waals surface area contributed by atoms with Crippen LogP contribution in [0.25, 0.3) is 0 Å². The molecule has 0 aromatic heterocycles. The molecule has 2 heteroatoms. The minimum atomic E-state index is 1.13. The van der Waals surface area contributed by atoms with Crippen molar-refractivity contribution in [3.8, 4) is 0 Å². The minimum absolute atomic E-state index is 1.13. The molecule has 0 unspecified atom stereocenters. The zero-order valence-corrected chi connectivity index (χ0v) is 3.29. The molecule has 0 fully saturated rings. The first-order chi connectivity index (χ1) is 2.41. The Kier molecular flexibility index (Phi) is 3.21. The first kappa shape index (κ1) is 4.54. The summed E-state index contributed by atoms with van der Waals surface area (Å²) in [4.78, 5) is 9.13. The lowest BCUT2D eigenvalue weighted by atomic mass is 10.8. The summed E-state index contributed by atoms with van der Waals surface area (Å²) in [5.74, 6) is 1.48. The molecule has 0 aliphatic rings. The highest BCUT2D eigenvalue weighted by atomic mass is 32.1. The lowest BCUT2D eigenvalue weighted by Crippen LogP contribution is -1.48. The average molecular weight is 86.1 g/mol. The van der Waals surface area contributed by atoms with Crippen LogP contribution in [0.15, 0.2) is 6.08 Å². The highest BCUT2D eigenvalue weighted by Crippen LogP contribution is 1.44. The van der Waals surface area contributed by atoms with E-state index in [2.05, 4.69) is 12.2 Å². The SMILES string of the molecule is O=C=CC=S. The quantitative estimate of drug-likeness (QED) is 0.260. The fourth-order valence-electron chi connectivity index (χ4n) is 0.0278. The molecule has 5 heavy (non-hydrogen) atoms. The van der Waals surface area contributed by atoms with Crippen LogP contribution in [0.4, 0.5) is 0 Å². The molecule has 0 rings (SSSR count). The summed E-state index contributed by atoms with van der Waals surface area (Å²) in [7, 11) is 0. The van der Waals surface area contributed by atoms with Crippen LogP contribution in [-0.2, 0) is 4.79 Å². The summed E-state index contributed by atoms with van der Waals surface area (Å²) in [6, 6.07) is 0. The molecule has 0 aliphatic carbocycles. The summed E-state index contributed by atoms with van der Waals surface area (Å²) in [6.45, 7) is 0. The van der Waals surface area contributed by atoms with Gasteiger partial charge in [0.25, 0.3) is 0 Å². The first-order valence-corrected chi connectivity index (χ1v) is 1.53. The van der Waals surface area contributed by atoms with E-state index < -0.39 is 0 Å². The van der Waals surface area contributed by atoms with Crippen molar-refractivity contribution >= 4 is 23.5 Å². The smallest absolute Gasteiger partial charge is 0.125 e. The van der Waals surface area contributed by atoms with Crippen molar-refractivity contribution in [3.63, 3.8) is 0 Å². The van der Waals surface area contributed by atoms with Gasteiger partial charge in [-0.05, 0) is 0 Å². The van der Waals surface area contributed by atoms with Crippen LogP contribution in [0.3, 0.4) is 0 Å². The maximum Gasteiger partial charge on any atom is 0.125 e. The predicted molar refractivity (Wildman–Crippen MR) is 23.9 cm³/mol. The van der Waals surface area contributed by atoms with Crippen LogP contribution >= 0.6 is 12.2 Å². The Morgan fingerprint density at radius 3 is 2.40 bits per heavy atom. The van der Waals surface area contributed by atoms with E-state index in [0.717, 1.165) is 6.08 Å². The second-order valence-electron chi connectivity index (χ2n) is 0.421. The standard InChI is InChI=1S/C3H2OS/c4-2-1-3-5/h1,3H. The number of rotatable bonds is 1. The van der Waals surface area contributed by atoms with Gasteiger partial charge in [-0.3, -0.25) is 0 Å². The van der Waals surface area contributed by atoms with Crippen LogP contribution in [0.5, 0.6) is 0 Å². The summed E-state index contributed by atoms with van der Waals surface area (Å²) >= 11 is 4.21. The number of hydrogen-bond acceptors (Lipinski definition) is 2. The van der Waals surface area contributed by atoms with E-state index in [1.165, 1.54) is 11.3 Å². The molecule has 0 radical (unpaired) electrons. The molecule has 0 bridgehead atoms. The van der Waals surface area contributed by atoms with E-state index in [0.29, 0.717) is 0 Å². The van der Waals surface area contributed by atoms with E-state index in [9.17, 15) is 0 Å². The zero-order valence-electron chi connectivity index (χ0n) is 2.47. The third-order valence-electron chi connectivity index (χ3n) is 0.136. The summed E-state index contributed by atoms with van der Waals surface area (Å²) < 4.78 is 0. The van der Waals surface area contributed by atoms with Crippen LogP contribution in [0.1, 0.15) is 0 Å².